The van der Waals surface area contributed by atoms with Gasteiger partial charge in [-0.05, 0) is 80.4 Å². The van der Waals surface area contributed by atoms with Crippen molar-refractivity contribution in [2.75, 3.05) is 16.3 Å². The molecule has 0 spiro atoms. The van der Waals surface area contributed by atoms with E-state index in [1.807, 2.05) is 26.0 Å². The summed E-state index contributed by atoms with van der Waals surface area (Å²) in [6, 6.07) is 18.8. The third-order valence-corrected chi connectivity index (χ3v) is 6.41. The number of rotatable bonds is 5. The van der Waals surface area contributed by atoms with E-state index in [4.69, 9.17) is 11.6 Å². The Hall–Kier alpha value is -3.52. The summed E-state index contributed by atoms with van der Waals surface area (Å²) in [4.78, 5) is 30.4. The summed E-state index contributed by atoms with van der Waals surface area (Å²) in [6.45, 7) is 4.21. The van der Waals surface area contributed by atoms with Crippen molar-refractivity contribution in [3.63, 3.8) is 0 Å². The monoisotopic (exact) mass is 516 g/mol. The topological polar surface area (TPSA) is 49.9 Å². The van der Waals surface area contributed by atoms with E-state index in [0.29, 0.717) is 23.7 Å². The molecular formula is C27H24ClF3N2O3. The number of carbonyl (C=O) groups excluding carboxylic acids is 2. The van der Waals surface area contributed by atoms with Gasteiger partial charge in [0.2, 0.25) is 5.91 Å². The quantitative estimate of drug-likeness (QED) is 0.374. The third-order valence-electron chi connectivity index (χ3n) is 6.16. The van der Waals surface area contributed by atoms with E-state index in [0.717, 1.165) is 23.4 Å². The lowest BCUT2D eigenvalue weighted by Gasteiger charge is -2.40. The van der Waals surface area contributed by atoms with E-state index >= 15 is 0 Å². The van der Waals surface area contributed by atoms with Gasteiger partial charge < -0.3 is 14.5 Å². The van der Waals surface area contributed by atoms with Crippen molar-refractivity contribution < 1.29 is 27.5 Å². The first-order valence-electron chi connectivity index (χ1n) is 11.4. The van der Waals surface area contributed by atoms with Crippen molar-refractivity contribution in [1.29, 1.82) is 0 Å². The van der Waals surface area contributed by atoms with Gasteiger partial charge in [0.1, 0.15) is 5.75 Å². The van der Waals surface area contributed by atoms with E-state index in [1.54, 1.807) is 46.2 Å². The standard InChI is InChI=1S/C27H24ClF3N2O3/c1-3-32(20-12-10-19(28)11-13-20)26(35)23-16-17(2)33(24-7-5-4-6-22(23)24)25(34)18-8-14-21(15-9-18)36-27(29,30)31/h4-15,17,23H,3,16H2,1-2H3/t17-,23-/m0/s1. The lowest BCUT2D eigenvalue weighted by atomic mass is 9.84. The van der Waals surface area contributed by atoms with Crippen LogP contribution in [-0.4, -0.2) is 30.8 Å². The van der Waals surface area contributed by atoms with Crippen molar-refractivity contribution in [2.45, 2.75) is 38.6 Å². The Balaban J connectivity index is 1.63. The van der Waals surface area contributed by atoms with E-state index in [2.05, 4.69) is 4.74 Å². The number of halogens is 4. The molecule has 2 atom stereocenters. The van der Waals surface area contributed by atoms with Crippen LogP contribution >= 0.6 is 11.6 Å². The Morgan fingerprint density at radius 2 is 1.67 bits per heavy atom. The molecule has 5 nitrogen and oxygen atoms in total. The van der Waals surface area contributed by atoms with Crippen LogP contribution in [-0.2, 0) is 4.79 Å². The molecule has 3 aromatic rings. The molecule has 36 heavy (non-hydrogen) atoms. The van der Waals surface area contributed by atoms with Gasteiger partial charge in [0.25, 0.3) is 5.91 Å². The lowest BCUT2D eigenvalue weighted by Crippen LogP contribution is -2.46. The highest BCUT2D eigenvalue weighted by Crippen LogP contribution is 2.41. The maximum atomic E-state index is 13.7. The summed E-state index contributed by atoms with van der Waals surface area (Å²) < 4.78 is 41.4. The number of likely N-dealkylation sites (N-methyl/N-ethyl adjacent to an activating group) is 1. The number of fused-ring (bicyclic) bond motifs is 1. The molecule has 1 heterocycles. The normalized spacial score (nSPS) is 17.3. The fourth-order valence-electron chi connectivity index (χ4n) is 4.57. The first-order chi connectivity index (χ1) is 17.1. The van der Waals surface area contributed by atoms with Crippen molar-refractivity contribution in [1.82, 2.24) is 0 Å². The third kappa shape index (κ3) is 5.33. The van der Waals surface area contributed by atoms with Gasteiger partial charge in [-0.2, -0.15) is 0 Å². The maximum Gasteiger partial charge on any atom is 0.573 e. The van der Waals surface area contributed by atoms with Crippen LogP contribution in [0.1, 0.15) is 42.1 Å². The van der Waals surface area contributed by atoms with Crippen molar-refractivity contribution in [3.05, 3.63) is 88.9 Å². The van der Waals surface area contributed by atoms with Crippen molar-refractivity contribution in [2.24, 2.45) is 0 Å². The average Bonchev–Trinajstić information content (AvgIpc) is 2.84. The molecule has 0 aliphatic carbocycles. The van der Waals surface area contributed by atoms with Crippen molar-refractivity contribution >= 4 is 34.8 Å². The fraction of sp³-hybridized carbons (Fsp3) is 0.259. The molecule has 188 valence electrons. The van der Waals surface area contributed by atoms with E-state index in [1.165, 1.54) is 12.1 Å². The average molecular weight is 517 g/mol. The van der Waals surface area contributed by atoms with Crippen LogP contribution in [0.4, 0.5) is 24.5 Å². The summed E-state index contributed by atoms with van der Waals surface area (Å²) in [5, 5.41) is 0.575. The van der Waals surface area contributed by atoms with Crippen molar-refractivity contribution in [3.8, 4) is 5.75 Å². The number of anilines is 2. The summed E-state index contributed by atoms with van der Waals surface area (Å²) >= 11 is 6.01. The number of amides is 2. The molecular weight excluding hydrogens is 493 g/mol. The van der Waals surface area contributed by atoms with Crippen LogP contribution in [0.2, 0.25) is 5.02 Å². The van der Waals surface area contributed by atoms with E-state index < -0.39 is 18.0 Å². The number of ether oxygens (including phenoxy) is 1. The highest BCUT2D eigenvalue weighted by Gasteiger charge is 2.39. The Morgan fingerprint density at radius 3 is 2.28 bits per heavy atom. The van der Waals surface area contributed by atoms with Gasteiger partial charge in [0, 0.05) is 34.5 Å². The van der Waals surface area contributed by atoms with Crippen LogP contribution in [0.5, 0.6) is 5.75 Å². The fourth-order valence-corrected chi connectivity index (χ4v) is 4.69. The lowest BCUT2D eigenvalue weighted by molar-refractivity contribution is -0.274. The van der Waals surface area contributed by atoms with Crippen LogP contribution in [0, 0.1) is 0 Å². The van der Waals surface area contributed by atoms with E-state index in [9.17, 15) is 22.8 Å². The largest absolute Gasteiger partial charge is 0.573 e. The van der Waals surface area contributed by atoms with Crippen LogP contribution in [0.25, 0.3) is 0 Å². The zero-order valence-electron chi connectivity index (χ0n) is 19.6. The number of nitrogens with zero attached hydrogens (tertiary/aromatic N) is 2. The minimum atomic E-state index is -4.81. The van der Waals surface area contributed by atoms with Crippen LogP contribution in [0.3, 0.4) is 0 Å². The number of hydrogen-bond donors (Lipinski definition) is 0. The predicted molar refractivity (Wildman–Crippen MR) is 133 cm³/mol. The minimum absolute atomic E-state index is 0.0835. The van der Waals surface area contributed by atoms with Crippen LogP contribution < -0.4 is 14.5 Å². The predicted octanol–water partition coefficient (Wildman–Crippen LogP) is 6.81. The first kappa shape index (κ1) is 25.6. The highest BCUT2D eigenvalue weighted by molar-refractivity contribution is 6.30. The van der Waals surface area contributed by atoms with E-state index in [-0.39, 0.29) is 23.4 Å². The molecule has 0 saturated carbocycles. The zero-order valence-corrected chi connectivity index (χ0v) is 20.4. The van der Waals surface area contributed by atoms with Gasteiger partial charge in [-0.1, -0.05) is 29.8 Å². The smallest absolute Gasteiger partial charge is 0.406 e. The molecule has 1 aliphatic rings. The van der Waals surface area contributed by atoms with Gasteiger partial charge in [-0.3, -0.25) is 9.59 Å². The molecule has 4 rings (SSSR count). The molecule has 0 unspecified atom stereocenters. The molecule has 1 aliphatic heterocycles. The number of hydrogen-bond acceptors (Lipinski definition) is 3. The number of para-hydroxylation sites is 1. The van der Waals surface area contributed by atoms with Gasteiger partial charge in [-0.25, -0.2) is 0 Å². The molecule has 3 aromatic carbocycles. The summed E-state index contributed by atoms with van der Waals surface area (Å²) in [5.41, 5.74) is 2.27. The molecule has 9 heteroatoms. The zero-order chi connectivity index (χ0) is 26.0. The molecule has 0 bridgehead atoms. The summed E-state index contributed by atoms with van der Waals surface area (Å²) in [5.74, 6) is -1.33. The number of alkyl halides is 3. The second-order valence-corrected chi connectivity index (χ2v) is 8.94. The van der Waals surface area contributed by atoms with Gasteiger partial charge in [0.15, 0.2) is 0 Å². The molecule has 0 aromatic heterocycles. The number of benzene rings is 3. The SMILES string of the molecule is CCN(C(=O)[C@H]1C[C@H](C)N(C(=O)c2ccc(OC(F)(F)F)cc2)c2ccccc21)c1ccc(Cl)cc1. The molecule has 0 saturated heterocycles. The Kier molecular flexibility index (Phi) is 7.26. The summed E-state index contributed by atoms with van der Waals surface area (Å²) in [7, 11) is 0. The summed E-state index contributed by atoms with van der Waals surface area (Å²) in [6.07, 6.45) is -4.42. The van der Waals surface area contributed by atoms with Gasteiger partial charge >= 0.3 is 6.36 Å². The van der Waals surface area contributed by atoms with Gasteiger partial charge in [-0.15, -0.1) is 13.2 Å². The Labute approximate surface area is 212 Å². The Morgan fingerprint density at radius 1 is 1.03 bits per heavy atom. The molecule has 2 amide bonds. The second-order valence-electron chi connectivity index (χ2n) is 8.50. The second kappa shape index (κ2) is 10.2. The number of carbonyl (C=O) groups is 2. The molecule has 0 fully saturated rings. The Bertz CT molecular complexity index is 1250. The van der Waals surface area contributed by atoms with Crippen LogP contribution in [0.15, 0.2) is 72.8 Å². The first-order valence-corrected chi connectivity index (χ1v) is 11.8. The maximum absolute atomic E-state index is 13.7. The molecule has 0 radical (unpaired) electrons. The minimum Gasteiger partial charge on any atom is -0.406 e. The van der Waals surface area contributed by atoms with Gasteiger partial charge in [0.05, 0.1) is 5.92 Å². The molecule has 0 N–H and O–H groups in total. The highest BCUT2D eigenvalue weighted by atomic mass is 35.5.